The van der Waals surface area contributed by atoms with Crippen LogP contribution in [0.1, 0.15) is 55.0 Å². The number of para-hydroxylation sites is 2. The molecule has 3 heteroatoms. The van der Waals surface area contributed by atoms with Gasteiger partial charge in [-0.2, -0.15) is 5.26 Å². The Balaban J connectivity index is 1.38. The van der Waals surface area contributed by atoms with E-state index in [0.29, 0.717) is 5.92 Å². The molecule has 4 aliphatic rings. The number of nitriles is 1. The third-order valence-electron chi connectivity index (χ3n) is 8.54. The van der Waals surface area contributed by atoms with Crippen molar-refractivity contribution in [3.8, 4) is 6.07 Å². The van der Waals surface area contributed by atoms with E-state index >= 15 is 0 Å². The molecule has 3 aliphatic carbocycles. The van der Waals surface area contributed by atoms with Gasteiger partial charge in [0.15, 0.2) is 0 Å². The molecule has 35 heavy (non-hydrogen) atoms. The number of fused-ring (bicyclic) bond motifs is 6. The van der Waals surface area contributed by atoms with Gasteiger partial charge >= 0.3 is 0 Å². The highest BCUT2D eigenvalue weighted by molar-refractivity contribution is 5.92. The van der Waals surface area contributed by atoms with Crippen LogP contribution in [0.15, 0.2) is 90.7 Å². The average Bonchev–Trinajstić information content (AvgIpc) is 3.37. The molecule has 4 unspecified atom stereocenters. The second-order valence-corrected chi connectivity index (χ2v) is 10.5. The first-order valence-corrected chi connectivity index (χ1v) is 12.8. The molecule has 2 aromatic carbocycles. The van der Waals surface area contributed by atoms with Crippen molar-refractivity contribution < 1.29 is 0 Å². The third kappa shape index (κ3) is 2.89. The Bertz CT molecular complexity index is 1510. The van der Waals surface area contributed by atoms with Crippen molar-refractivity contribution in [3.63, 3.8) is 0 Å². The lowest BCUT2D eigenvalue weighted by Gasteiger charge is -2.43. The van der Waals surface area contributed by atoms with E-state index in [4.69, 9.17) is 0 Å². The van der Waals surface area contributed by atoms with E-state index in [2.05, 4.69) is 114 Å². The second-order valence-electron chi connectivity index (χ2n) is 10.5. The smallest absolute Gasteiger partial charge is 0.0709 e. The molecule has 4 atom stereocenters. The van der Waals surface area contributed by atoms with Crippen LogP contribution in [0, 0.1) is 17.2 Å². The SMILES string of the molecule is CC12C=CC=CC1c1ccccc1N2C1=CC(C#N)CC(n2c3c(c4ccccc42)C=CCC3)C1. The van der Waals surface area contributed by atoms with Gasteiger partial charge in [-0.15, -0.1) is 0 Å². The van der Waals surface area contributed by atoms with Gasteiger partial charge in [0.1, 0.15) is 0 Å². The van der Waals surface area contributed by atoms with Crippen molar-refractivity contribution in [1.82, 2.24) is 4.57 Å². The van der Waals surface area contributed by atoms with Crippen molar-refractivity contribution in [2.45, 2.75) is 50.1 Å². The highest BCUT2D eigenvalue weighted by Crippen LogP contribution is 2.54. The molecule has 0 amide bonds. The highest BCUT2D eigenvalue weighted by atomic mass is 15.2. The van der Waals surface area contributed by atoms with E-state index < -0.39 is 0 Å². The summed E-state index contributed by atoms with van der Waals surface area (Å²) in [5.74, 6) is 0.216. The topological polar surface area (TPSA) is 32.0 Å². The zero-order valence-electron chi connectivity index (χ0n) is 20.1. The molecule has 0 saturated heterocycles. The maximum atomic E-state index is 10.2. The minimum Gasteiger partial charge on any atom is -0.340 e. The van der Waals surface area contributed by atoms with Gasteiger partial charge in [0.05, 0.1) is 17.5 Å². The summed E-state index contributed by atoms with van der Waals surface area (Å²) in [4.78, 5) is 2.54. The van der Waals surface area contributed by atoms with Crippen LogP contribution in [0.5, 0.6) is 0 Å². The molecule has 0 saturated carbocycles. The number of benzene rings is 2. The summed E-state index contributed by atoms with van der Waals surface area (Å²) in [5.41, 5.74) is 7.88. The lowest BCUT2D eigenvalue weighted by atomic mass is 9.79. The third-order valence-corrected chi connectivity index (χ3v) is 8.54. The summed E-state index contributed by atoms with van der Waals surface area (Å²) in [6.45, 7) is 2.35. The minimum absolute atomic E-state index is 0.0994. The van der Waals surface area contributed by atoms with Gasteiger partial charge < -0.3 is 9.47 Å². The average molecular weight is 456 g/mol. The van der Waals surface area contributed by atoms with Crippen molar-refractivity contribution in [2.24, 2.45) is 5.92 Å². The molecule has 3 nitrogen and oxygen atoms in total. The summed E-state index contributed by atoms with van der Waals surface area (Å²) < 4.78 is 2.59. The van der Waals surface area contributed by atoms with Crippen molar-refractivity contribution >= 4 is 22.7 Å². The standard InChI is InChI=1S/C32H29N3/c1-32-17-9-8-13-28(32)27-12-4-7-16-31(27)35(32)24-19-22(21-33)18-23(20-24)34-29-14-5-2-10-25(29)26-11-3-6-15-30(26)34/h2-5,7-14,16-17,19,22-23,28H,6,15,18,20H2,1H3. The first-order valence-electron chi connectivity index (χ1n) is 12.8. The van der Waals surface area contributed by atoms with E-state index in [0.717, 1.165) is 25.7 Å². The fourth-order valence-electron chi connectivity index (χ4n) is 7.09. The van der Waals surface area contributed by atoms with Gasteiger partial charge in [0.2, 0.25) is 0 Å². The Labute approximate surface area is 207 Å². The van der Waals surface area contributed by atoms with Gasteiger partial charge in [-0.3, -0.25) is 0 Å². The normalized spacial score (nSPS) is 28.4. The number of anilines is 1. The van der Waals surface area contributed by atoms with Crippen LogP contribution in [-0.4, -0.2) is 10.1 Å². The Kier molecular flexibility index (Phi) is 4.48. The number of hydrogen-bond acceptors (Lipinski definition) is 2. The maximum absolute atomic E-state index is 10.2. The molecule has 172 valence electrons. The number of hydrogen-bond donors (Lipinski definition) is 0. The van der Waals surface area contributed by atoms with Crippen molar-refractivity contribution in [2.75, 3.05) is 4.90 Å². The quantitative estimate of drug-likeness (QED) is 0.402. The van der Waals surface area contributed by atoms with Crippen LogP contribution in [0.3, 0.4) is 0 Å². The lowest BCUT2D eigenvalue weighted by molar-refractivity contribution is 0.398. The largest absolute Gasteiger partial charge is 0.340 e. The first kappa shape index (κ1) is 20.6. The fraction of sp³-hybridized carbons (Fsp3) is 0.281. The van der Waals surface area contributed by atoms with E-state index in [1.165, 1.54) is 39.1 Å². The van der Waals surface area contributed by atoms with E-state index in [1.807, 2.05) is 0 Å². The van der Waals surface area contributed by atoms with Crippen LogP contribution in [0.25, 0.3) is 17.0 Å². The van der Waals surface area contributed by atoms with Crippen LogP contribution in [0.2, 0.25) is 0 Å². The Morgan fingerprint density at radius 2 is 1.91 bits per heavy atom. The molecule has 0 fully saturated rings. The van der Waals surface area contributed by atoms with Crippen molar-refractivity contribution in [3.05, 3.63) is 108 Å². The molecule has 0 N–H and O–H groups in total. The number of aromatic nitrogens is 1. The molecule has 1 aliphatic heterocycles. The zero-order chi connectivity index (χ0) is 23.6. The Morgan fingerprint density at radius 3 is 2.83 bits per heavy atom. The summed E-state index contributed by atoms with van der Waals surface area (Å²) in [6.07, 6.45) is 19.8. The van der Waals surface area contributed by atoms with Crippen molar-refractivity contribution in [1.29, 1.82) is 5.26 Å². The fourth-order valence-corrected chi connectivity index (χ4v) is 7.09. The molecule has 7 rings (SSSR count). The second kappa shape index (κ2) is 7.62. The first-order chi connectivity index (χ1) is 17.2. The molecule has 3 aromatic rings. The molecule has 0 radical (unpaired) electrons. The van der Waals surface area contributed by atoms with Gasteiger partial charge in [-0.25, -0.2) is 0 Å². The van der Waals surface area contributed by atoms with Gasteiger partial charge in [-0.1, -0.05) is 72.9 Å². The van der Waals surface area contributed by atoms with Crippen LogP contribution in [0.4, 0.5) is 5.69 Å². The Morgan fingerprint density at radius 1 is 1.06 bits per heavy atom. The predicted octanol–water partition coefficient (Wildman–Crippen LogP) is 7.45. The summed E-state index contributed by atoms with van der Waals surface area (Å²) >= 11 is 0. The minimum atomic E-state index is -0.160. The Hall–Kier alpha value is -3.77. The van der Waals surface area contributed by atoms with Crippen LogP contribution in [-0.2, 0) is 6.42 Å². The molecular weight excluding hydrogens is 426 g/mol. The van der Waals surface area contributed by atoms with E-state index in [-0.39, 0.29) is 17.5 Å². The number of allylic oxidation sites excluding steroid dienone is 5. The van der Waals surface area contributed by atoms with Gasteiger partial charge in [0, 0.05) is 51.9 Å². The number of rotatable bonds is 2. The van der Waals surface area contributed by atoms with Crippen LogP contribution >= 0.6 is 0 Å². The molecule has 0 spiro atoms. The predicted molar refractivity (Wildman–Crippen MR) is 143 cm³/mol. The van der Waals surface area contributed by atoms with E-state index in [9.17, 15) is 5.26 Å². The van der Waals surface area contributed by atoms with Gasteiger partial charge in [0.25, 0.3) is 0 Å². The van der Waals surface area contributed by atoms with E-state index in [1.54, 1.807) is 0 Å². The lowest BCUT2D eigenvalue weighted by Crippen LogP contribution is -2.45. The molecular formula is C32H29N3. The number of nitrogens with zero attached hydrogens (tertiary/aromatic N) is 3. The highest BCUT2D eigenvalue weighted by Gasteiger charge is 2.48. The molecule has 1 aromatic heterocycles. The summed E-state index contributed by atoms with van der Waals surface area (Å²) in [6, 6.07) is 20.5. The molecule has 0 bridgehead atoms. The van der Waals surface area contributed by atoms with Gasteiger partial charge in [-0.05, 0) is 50.0 Å². The summed E-state index contributed by atoms with van der Waals surface area (Å²) in [7, 11) is 0. The molecule has 2 heterocycles. The van der Waals surface area contributed by atoms with Crippen LogP contribution < -0.4 is 4.90 Å². The summed E-state index contributed by atoms with van der Waals surface area (Å²) in [5, 5.41) is 11.5. The zero-order valence-corrected chi connectivity index (χ0v) is 20.1. The monoisotopic (exact) mass is 455 g/mol. The maximum Gasteiger partial charge on any atom is 0.0709 e.